The second kappa shape index (κ2) is 6.77. The zero-order valence-corrected chi connectivity index (χ0v) is 11.6. The van der Waals surface area contributed by atoms with Gasteiger partial charge in [0.25, 0.3) is 5.95 Å². The Labute approximate surface area is 117 Å². The molecule has 20 heavy (non-hydrogen) atoms. The summed E-state index contributed by atoms with van der Waals surface area (Å²) < 4.78 is 31.0. The number of hydrogen-bond donors (Lipinski definition) is 0. The lowest BCUT2D eigenvalue weighted by Crippen LogP contribution is -2.26. The van der Waals surface area contributed by atoms with Gasteiger partial charge in [0.05, 0.1) is 5.92 Å². The van der Waals surface area contributed by atoms with Gasteiger partial charge in [0, 0.05) is 0 Å². The van der Waals surface area contributed by atoms with E-state index in [-0.39, 0.29) is 11.7 Å². The summed E-state index contributed by atoms with van der Waals surface area (Å²) in [7, 11) is 0. The molecule has 1 aromatic heterocycles. The van der Waals surface area contributed by atoms with Crippen molar-refractivity contribution in [1.29, 1.82) is 0 Å². The average molecular weight is 283 g/mol. The van der Waals surface area contributed by atoms with Crippen LogP contribution in [0.25, 0.3) is 0 Å². The summed E-state index contributed by atoms with van der Waals surface area (Å²) in [4.78, 5) is 15.0. The molecule has 0 radical (unpaired) electrons. The van der Waals surface area contributed by atoms with E-state index in [0.717, 1.165) is 44.2 Å². The van der Waals surface area contributed by atoms with Crippen LogP contribution in [0.5, 0.6) is 5.75 Å². The minimum Gasteiger partial charge on any atom is -0.421 e. The van der Waals surface area contributed by atoms with Crippen molar-refractivity contribution in [2.75, 3.05) is 0 Å². The number of hydrogen-bond acceptors (Lipinski definition) is 3. The van der Waals surface area contributed by atoms with Gasteiger partial charge in [0.2, 0.25) is 5.95 Å². The number of halogens is 2. The van der Waals surface area contributed by atoms with Gasteiger partial charge in [-0.3, -0.25) is 4.79 Å². The molecule has 0 atom stereocenters. The topological polar surface area (TPSA) is 39.2 Å². The maximum absolute atomic E-state index is 13.3. The molecule has 0 N–H and O–H groups in total. The van der Waals surface area contributed by atoms with Crippen molar-refractivity contribution in [2.45, 2.75) is 45.4 Å². The van der Waals surface area contributed by atoms with Crippen molar-refractivity contribution in [3.05, 3.63) is 24.0 Å². The number of nitrogens with zero attached hydrogens (tertiary/aromatic N) is 1. The summed E-state index contributed by atoms with van der Waals surface area (Å²) in [6.45, 7) is 2.16. The molecule has 0 saturated heterocycles. The normalized spacial score (nSPS) is 22.6. The van der Waals surface area contributed by atoms with E-state index in [1.165, 1.54) is 6.42 Å². The summed E-state index contributed by atoms with van der Waals surface area (Å²) in [6, 6.07) is 2.07. The lowest BCUT2D eigenvalue weighted by molar-refractivity contribution is -0.140. The summed E-state index contributed by atoms with van der Waals surface area (Å²) in [6.07, 6.45) is 5.93. The van der Waals surface area contributed by atoms with Gasteiger partial charge in [0.15, 0.2) is 5.75 Å². The minimum atomic E-state index is -1.09. The molecule has 0 spiro atoms. The Morgan fingerprint density at radius 3 is 2.60 bits per heavy atom. The van der Waals surface area contributed by atoms with E-state index in [4.69, 9.17) is 4.74 Å². The van der Waals surface area contributed by atoms with Crippen LogP contribution in [0.4, 0.5) is 8.78 Å². The lowest BCUT2D eigenvalue weighted by Gasteiger charge is -2.26. The highest BCUT2D eigenvalue weighted by Crippen LogP contribution is 2.32. The van der Waals surface area contributed by atoms with Crippen LogP contribution in [0, 0.1) is 23.7 Å². The van der Waals surface area contributed by atoms with E-state index < -0.39 is 17.9 Å². The third-order valence-electron chi connectivity index (χ3n) is 3.87. The SMILES string of the molecule is CCCC1CCC(C(=O)Oc2ccc(F)nc2F)CC1. The van der Waals surface area contributed by atoms with Crippen LogP contribution in [0.3, 0.4) is 0 Å². The first-order valence-electron chi connectivity index (χ1n) is 7.14. The fourth-order valence-corrected chi connectivity index (χ4v) is 2.76. The maximum Gasteiger partial charge on any atom is 0.314 e. The minimum absolute atomic E-state index is 0.187. The maximum atomic E-state index is 13.3. The molecule has 0 amide bonds. The summed E-state index contributed by atoms with van der Waals surface area (Å²) in [5.41, 5.74) is 0. The Kier molecular flexibility index (Phi) is 5.04. The molecule has 0 bridgehead atoms. The fourth-order valence-electron chi connectivity index (χ4n) is 2.76. The summed E-state index contributed by atoms with van der Waals surface area (Å²) in [5.74, 6) is -2.25. The Balaban J connectivity index is 1.89. The monoisotopic (exact) mass is 283 g/mol. The van der Waals surface area contributed by atoms with E-state index in [0.29, 0.717) is 5.92 Å². The standard InChI is InChI=1S/C15H19F2NO2/c1-2-3-10-4-6-11(7-5-10)15(19)20-12-8-9-13(16)18-14(12)17/h8-11H,2-7H2,1H3. The number of aromatic nitrogens is 1. The van der Waals surface area contributed by atoms with E-state index in [2.05, 4.69) is 11.9 Å². The zero-order chi connectivity index (χ0) is 14.5. The van der Waals surface area contributed by atoms with Crippen molar-refractivity contribution in [1.82, 2.24) is 4.98 Å². The Hall–Kier alpha value is -1.52. The van der Waals surface area contributed by atoms with E-state index >= 15 is 0 Å². The molecule has 1 heterocycles. The summed E-state index contributed by atoms with van der Waals surface area (Å²) in [5, 5.41) is 0. The first-order valence-corrected chi connectivity index (χ1v) is 7.14. The van der Waals surface area contributed by atoms with Crippen LogP contribution in [-0.4, -0.2) is 11.0 Å². The van der Waals surface area contributed by atoms with E-state index in [1.807, 2.05) is 0 Å². The molecule has 1 saturated carbocycles. The molecule has 1 aliphatic rings. The Morgan fingerprint density at radius 2 is 2.00 bits per heavy atom. The van der Waals surface area contributed by atoms with Gasteiger partial charge in [-0.05, 0) is 43.7 Å². The number of rotatable bonds is 4. The molecule has 1 aromatic rings. The molecule has 0 unspecified atom stereocenters. The van der Waals surface area contributed by atoms with E-state index in [1.54, 1.807) is 0 Å². The molecule has 3 nitrogen and oxygen atoms in total. The predicted molar refractivity (Wildman–Crippen MR) is 70.1 cm³/mol. The Bertz CT molecular complexity index is 471. The number of carbonyl (C=O) groups excluding carboxylic acids is 1. The third-order valence-corrected chi connectivity index (χ3v) is 3.87. The van der Waals surface area contributed by atoms with Crippen molar-refractivity contribution in [3.8, 4) is 5.75 Å². The van der Waals surface area contributed by atoms with Gasteiger partial charge in [-0.25, -0.2) is 0 Å². The molecule has 0 aromatic carbocycles. The van der Waals surface area contributed by atoms with Gasteiger partial charge in [-0.2, -0.15) is 13.8 Å². The molecule has 5 heteroatoms. The Morgan fingerprint density at radius 1 is 1.30 bits per heavy atom. The third kappa shape index (κ3) is 3.74. The van der Waals surface area contributed by atoms with Crippen molar-refractivity contribution >= 4 is 5.97 Å². The molecular weight excluding hydrogens is 264 g/mol. The van der Waals surface area contributed by atoms with Gasteiger partial charge in [-0.15, -0.1) is 0 Å². The van der Waals surface area contributed by atoms with Crippen LogP contribution in [-0.2, 0) is 4.79 Å². The number of ether oxygens (including phenoxy) is 1. The van der Waals surface area contributed by atoms with Crippen LogP contribution in [0.1, 0.15) is 45.4 Å². The van der Waals surface area contributed by atoms with Crippen LogP contribution < -0.4 is 4.74 Å². The summed E-state index contributed by atoms with van der Waals surface area (Å²) >= 11 is 0. The van der Waals surface area contributed by atoms with Crippen molar-refractivity contribution < 1.29 is 18.3 Å². The van der Waals surface area contributed by atoms with Gasteiger partial charge >= 0.3 is 5.97 Å². The van der Waals surface area contributed by atoms with Gasteiger partial charge in [0.1, 0.15) is 0 Å². The number of carbonyl (C=O) groups is 1. The predicted octanol–water partition coefficient (Wildman–Crippen LogP) is 3.87. The largest absolute Gasteiger partial charge is 0.421 e. The first kappa shape index (κ1) is 14.9. The smallest absolute Gasteiger partial charge is 0.314 e. The highest BCUT2D eigenvalue weighted by molar-refractivity contribution is 5.75. The van der Waals surface area contributed by atoms with Crippen LogP contribution in [0.15, 0.2) is 12.1 Å². The molecule has 1 aliphatic carbocycles. The molecule has 110 valence electrons. The number of esters is 1. The molecule has 0 aliphatic heterocycles. The zero-order valence-electron chi connectivity index (χ0n) is 11.6. The molecule has 1 fully saturated rings. The lowest BCUT2D eigenvalue weighted by atomic mass is 9.80. The first-order chi connectivity index (χ1) is 9.60. The molecular formula is C15H19F2NO2. The highest BCUT2D eigenvalue weighted by Gasteiger charge is 2.28. The second-order valence-corrected chi connectivity index (χ2v) is 5.35. The van der Waals surface area contributed by atoms with Gasteiger partial charge in [-0.1, -0.05) is 19.8 Å². The second-order valence-electron chi connectivity index (χ2n) is 5.35. The van der Waals surface area contributed by atoms with Crippen LogP contribution in [0.2, 0.25) is 0 Å². The highest BCUT2D eigenvalue weighted by atomic mass is 19.1. The average Bonchev–Trinajstić information content (AvgIpc) is 2.43. The fraction of sp³-hybridized carbons (Fsp3) is 0.600. The van der Waals surface area contributed by atoms with Gasteiger partial charge < -0.3 is 4.74 Å². The number of pyridine rings is 1. The van der Waals surface area contributed by atoms with Crippen LogP contribution >= 0.6 is 0 Å². The van der Waals surface area contributed by atoms with Crippen molar-refractivity contribution in [2.24, 2.45) is 11.8 Å². The van der Waals surface area contributed by atoms with E-state index in [9.17, 15) is 13.6 Å². The quantitative estimate of drug-likeness (QED) is 0.622. The van der Waals surface area contributed by atoms with Crippen molar-refractivity contribution in [3.63, 3.8) is 0 Å². The molecule has 2 rings (SSSR count).